The molecule has 1 amide bonds. The van der Waals surface area contributed by atoms with Crippen molar-refractivity contribution in [3.8, 4) is 5.75 Å². The molecular weight excluding hydrogens is 549 g/mol. The second-order valence-corrected chi connectivity index (χ2v) is 11.6. The molecule has 0 bridgehead atoms. The van der Waals surface area contributed by atoms with Crippen LogP contribution in [0.5, 0.6) is 5.75 Å². The van der Waals surface area contributed by atoms with E-state index in [1.165, 1.54) is 11.0 Å². The minimum absolute atomic E-state index is 0. The first kappa shape index (κ1) is 32.6. The van der Waals surface area contributed by atoms with Gasteiger partial charge in [-0.05, 0) is 77.9 Å². The van der Waals surface area contributed by atoms with Crippen LogP contribution in [0.4, 0.5) is 0 Å². The number of aliphatic hydroxyl groups excluding tert-OH is 2. The van der Waals surface area contributed by atoms with Crippen LogP contribution in [0.1, 0.15) is 43.9 Å². The van der Waals surface area contributed by atoms with E-state index < -0.39 is 58.0 Å². The summed E-state index contributed by atoms with van der Waals surface area (Å²) in [5.74, 6) is -6.48. The van der Waals surface area contributed by atoms with Crippen molar-refractivity contribution in [3.05, 3.63) is 45.7 Å². The number of phenolic OH excluding ortho intramolecular Hbond substituents is 1. The van der Waals surface area contributed by atoms with E-state index >= 15 is 0 Å². The minimum Gasteiger partial charge on any atom is -0.508 e. The lowest BCUT2D eigenvalue weighted by Gasteiger charge is -2.50. The predicted molar refractivity (Wildman–Crippen MR) is 150 cm³/mol. The molecule has 1 aromatic carbocycles. The molecule has 12 heteroatoms. The zero-order valence-corrected chi connectivity index (χ0v) is 24.4. The summed E-state index contributed by atoms with van der Waals surface area (Å²) in [5.41, 5.74) is 3.18. The second kappa shape index (κ2) is 10.7. The molecule has 3 aliphatic rings. The molecule has 216 valence electrons. The molecule has 0 heterocycles. The van der Waals surface area contributed by atoms with Crippen molar-refractivity contribution in [1.29, 1.82) is 0 Å². The number of hydrogen-bond donors (Lipinski definition) is 5. The number of nitrogens with zero attached hydrogens (tertiary/aromatic N) is 2. The maximum absolute atomic E-state index is 13.8. The number of aromatic hydroxyl groups is 1. The van der Waals surface area contributed by atoms with Gasteiger partial charge >= 0.3 is 0 Å². The van der Waals surface area contributed by atoms with Crippen LogP contribution >= 0.6 is 24.8 Å². The van der Waals surface area contributed by atoms with Gasteiger partial charge in [-0.3, -0.25) is 24.2 Å². The van der Waals surface area contributed by atoms with Gasteiger partial charge in [-0.15, -0.1) is 24.8 Å². The third-order valence-corrected chi connectivity index (χ3v) is 8.15. The molecule has 39 heavy (non-hydrogen) atoms. The summed E-state index contributed by atoms with van der Waals surface area (Å²) in [6, 6.07) is 2.32. The van der Waals surface area contributed by atoms with Crippen molar-refractivity contribution in [2.75, 3.05) is 21.1 Å². The fourth-order valence-corrected chi connectivity index (χ4v) is 5.94. The van der Waals surface area contributed by atoms with Gasteiger partial charge in [0.2, 0.25) is 5.78 Å². The quantitative estimate of drug-likeness (QED) is 0.332. The van der Waals surface area contributed by atoms with E-state index in [4.69, 9.17) is 5.73 Å². The molecule has 10 nitrogen and oxygen atoms in total. The molecule has 3 aliphatic carbocycles. The van der Waals surface area contributed by atoms with Crippen molar-refractivity contribution in [2.24, 2.45) is 17.6 Å². The lowest BCUT2D eigenvalue weighted by molar-refractivity contribution is -0.153. The first-order valence-corrected chi connectivity index (χ1v) is 12.2. The van der Waals surface area contributed by atoms with E-state index in [-0.39, 0.29) is 60.1 Å². The number of fused-ring (bicyclic) bond motifs is 3. The van der Waals surface area contributed by atoms with Crippen LogP contribution < -0.4 is 5.73 Å². The van der Waals surface area contributed by atoms with E-state index in [9.17, 15) is 34.8 Å². The molecule has 0 radical (unpaired) electrons. The van der Waals surface area contributed by atoms with Crippen LogP contribution in [-0.4, -0.2) is 86.0 Å². The number of carbonyl (C=O) groups excluding carboxylic acids is 3. The van der Waals surface area contributed by atoms with Crippen LogP contribution in [0, 0.1) is 11.8 Å². The highest BCUT2D eigenvalue weighted by atomic mass is 35.5. The first-order valence-electron chi connectivity index (χ1n) is 12.2. The molecule has 0 unspecified atom stereocenters. The Hall–Kier alpha value is -2.63. The van der Waals surface area contributed by atoms with Crippen molar-refractivity contribution >= 4 is 48.0 Å². The van der Waals surface area contributed by atoms with Gasteiger partial charge in [-0.1, -0.05) is 6.07 Å². The van der Waals surface area contributed by atoms with Crippen LogP contribution in [-0.2, 0) is 27.3 Å². The number of amides is 1. The Labute approximate surface area is 240 Å². The van der Waals surface area contributed by atoms with Gasteiger partial charge in [-0.25, -0.2) is 0 Å². The third-order valence-electron chi connectivity index (χ3n) is 8.15. The highest BCUT2D eigenvalue weighted by molar-refractivity contribution is 6.24. The Bertz CT molecular complexity index is 1280. The summed E-state index contributed by atoms with van der Waals surface area (Å²) in [6.07, 6.45) is 0.341. The number of halogens is 2. The standard InChI is InChI=1S/C27H35N3O7.2ClH/c1-26(2,3)30(6)11-12-7-13-9-14-10-15-20(29(4)5)22(33)19(25(28)36)24(35)27(15,37)23(34)18(14)21(32)17(13)16(31)8-12;;/h7-8,14-15,20,31-32,35,37H,9-11H2,1-6H3,(H2,28,36);2*1H/t14-,15-,20-,27-;;/m0../s1. The van der Waals surface area contributed by atoms with Crippen molar-refractivity contribution in [3.63, 3.8) is 0 Å². The number of Topliss-reactive ketones (excluding diaryl/α,β-unsaturated/α-hetero) is 2. The number of rotatable bonds is 4. The SMILES string of the molecule is CN(C)[C@@H]1C(=O)C(C(N)=O)=C(O)[C@@]2(O)C(=O)C3=C(O)c4c(O)cc(CN(C)C(C)(C)C)cc4C[C@H]3C[C@@H]12.Cl.Cl. The molecule has 4 atom stereocenters. The molecule has 0 spiro atoms. The Morgan fingerprint density at radius 3 is 2.21 bits per heavy atom. The smallest absolute Gasteiger partial charge is 0.255 e. The normalized spacial score (nSPS) is 26.5. The van der Waals surface area contributed by atoms with Crippen molar-refractivity contribution < 1.29 is 34.8 Å². The summed E-state index contributed by atoms with van der Waals surface area (Å²) < 4.78 is 0. The van der Waals surface area contributed by atoms with E-state index in [0.717, 1.165) is 5.56 Å². The first-order chi connectivity index (χ1) is 17.0. The van der Waals surface area contributed by atoms with Crippen LogP contribution in [0.15, 0.2) is 29.0 Å². The van der Waals surface area contributed by atoms with Gasteiger partial charge in [0.1, 0.15) is 22.8 Å². The van der Waals surface area contributed by atoms with Crippen LogP contribution in [0.2, 0.25) is 0 Å². The Balaban J connectivity index is 0.00000267. The zero-order valence-electron chi connectivity index (χ0n) is 22.8. The molecule has 1 aromatic rings. The number of aliphatic hydroxyl groups is 3. The van der Waals surface area contributed by atoms with E-state index in [2.05, 4.69) is 25.7 Å². The molecule has 6 N–H and O–H groups in total. The number of hydrogen-bond acceptors (Lipinski definition) is 9. The monoisotopic (exact) mass is 585 g/mol. The summed E-state index contributed by atoms with van der Waals surface area (Å²) in [5, 5.41) is 44.5. The Morgan fingerprint density at radius 2 is 1.69 bits per heavy atom. The highest BCUT2D eigenvalue weighted by Crippen LogP contribution is 2.52. The number of ketones is 2. The topological polar surface area (TPSA) is 165 Å². The number of carbonyl (C=O) groups is 3. The van der Waals surface area contributed by atoms with Crippen LogP contribution in [0.3, 0.4) is 0 Å². The van der Waals surface area contributed by atoms with Crippen molar-refractivity contribution in [2.45, 2.75) is 57.3 Å². The molecule has 0 aromatic heterocycles. The summed E-state index contributed by atoms with van der Waals surface area (Å²) in [7, 11) is 5.11. The van der Waals surface area contributed by atoms with Gasteiger partial charge < -0.3 is 26.2 Å². The maximum Gasteiger partial charge on any atom is 0.255 e. The summed E-state index contributed by atoms with van der Waals surface area (Å²) in [6.45, 7) is 6.75. The average Bonchev–Trinajstić information content (AvgIpc) is 2.74. The molecule has 0 saturated heterocycles. The number of benzene rings is 1. The third kappa shape index (κ3) is 4.93. The van der Waals surface area contributed by atoms with E-state index in [0.29, 0.717) is 12.1 Å². The van der Waals surface area contributed by atoms with E-state index in [1.807, 2.05) is 13.1 Å². The number of primary amides is 1. The maximum atomic E-state index is 13.8. The van der Waals surface area contributed by atoms with Gasteiger partial charge in [0.05, 0.1) is 11.6 Å². The van der Waals surface area contributed by atoms with Crippen molar-refractivity contribution in [1.82, 2.24) is 9.80 Å². The van der Waals surface area contributed by atoms with E-state index in [1.54, 1.807) is 14.1 Å². The average molecular weight is 587 g/mol. The van der Waals surface area contributed by atoms with Gasteiger partial charge in [0.25, 0.3) is 5.91 Å². The van der Waals surface area contributed by atoms with Gasteiger partial charge in [0, 0.05) is 23.6 Å². The fraction of sp³-hybridized carbons (Fsp3) is 0.519. The van der Waals surface area contributed by atoms with Crippen LogP contribution in [0.25, 0.3) is 5.76 Å². The predicted octanol–water partition coefficient (Wildman–Crippen LogP) is 2.04. The molecule has 1 saturated carbocycles. The lowest BCUT2D eigenvalue weighted by atomic mass is 9.57. The zero-order chi connectivity index (χ0) is 27.8. The lowest BCUT2D eigenvalue weighted by Crippen LogP contribution is -2.65. The molecule has 4 rings (SSSR count). The number of likely N-dealkylation sites (N-methyl/N-ethyl adjacent to an activating group) is 1. The summed E-state index contributed by atoms with van der Waals surface area (Å²) in [4.78, 5) is 42.6. The Morgan fingerprint density at radius 1 is 1.10 bits per heavy atom. The molecular formula is C27H37Cl2N3O7. The van der Waals surface area contributed by atoms with Gasteiger partial charge in [-0.2, -0.15) is 0 Å². The second-order valence-electron chi connectivity index (χ2n) is 11.6. The number of nitrogens with two attached hydrogens (primary N) is 1. The molecule has 0 aliphatic heterocycles. The number of phenols is 1. The highest BCUT2D eigenvalue weighted by Gasteiger charge is 2.64. The fourth-order valence-electron chi connectivity index (χ4n) is 5.94. The summed E-state index contributed by atoms with van der Waals surface area (Å²) >= 11 is 0. The molecule has 1 fully saturated rings. The Kier molecular flexibility index (Phi) is 8.97. The largest absolute Gasteiger partial charge is 0.508 e. The minimum atomic E-state index is -2.63. The van der Waals surface area contributed by atoms with Gasteiger partial charge in [0.15, 0.2) is 11.4 Å².